The highest BCUT2D eigenvalue weighted by Gasteiger charge is 2.18. The first-order valence-electron chi connectivity index (χ1n) is 17.8. The number of benzene rings is 8. The van der Waals surface area contributed by atoms with Crippen LogP contribution >= 0.6 is 0 Å². The predicted molar refractivity (Wildman–Crippen MR) is 220 cm³/mol. The topological polar surface area (TPSA) is 16.1 Å². The lowest BCUT2D eigenvalue weighted by Gasteiger charge is -2.28. The van der Waals surface area contributed by atoms with Crippen molar-refractivity contribution in [3.05, 3.63) is 206 Å². The summed E-state index contributed by atoms with van der Waals surface area (Å²) in [7, 11) is 0. The Kier molecular flexibility index (Phi) is 8.11. The summed E-state index contributed by atoms with van der Waals surface area (Å²) in [4.78, 5) is 6.69. The molecule has 0 atom stereocenters. The second-order valence-electron chi connectivity index (χ2n) is 13.3. The van der Waals surface area contributed by atoms with Crippen LogP contribution in [0.25, 0.3) is 66.1 Å². The number of rotatable bonds is 7. The van der Waals surface area contributed by atoms with E-state index in [1.54, 1.807) is 0 Å². The van der Waals surface area contributed by atoms with E-state index >= 15 is 0 Å². The van der Waals surface area contributed by atoms with E-state index in [2.05, 4.69) is 199 Å². The largest absolute Gasteiger partial charge is 0.310 e. The maximum Gasteiger partial charge on any atom is 0.0540 e. The van der Waals surface area contributed by atoms with Gasteiger partial charge >= 0.3 is 0 Å². The Hall–Kier alpha value is -6.77. The number of fused-ring (bicyclic) bond motifs is 3. The maximum absolute atomic E-state index is 4.33. The summed E-state index contributed by atoms with van der Waals surface area (Å²) in [6, 6.07) is 67.8. The summed E-state index contributed by atoms with van der Waals surface area (Å²) in [6.07, 6.45) is 3.72. The fourth-order valence-electron chi connectivity index (χ4n) is 7.53. The molecule has 2 nitrogen and oxygen atoms in total. The molecule has 0 spiro atoms. The normalized spacial score (nSPS) is 11.2. The lowest BCUT2D eigenvalue weighted by atomic mass is 9.91. The number of aromatic nitrogens is 1. The average Bonchev–Trinajstić information content (AvgIpc) is 3.22. The number of pyridine rings is 1. The van der Waals surface area contributed by atoms with E-state index in [4.69, 9.17) is 0 Å². The zero-order valence-corrected chi connectivity index (χ0v) is 28.9. The highest BCUT2D eigenvalue weighted by atomic mass is 15.1. The van der Waals surface area contributed by atoms with Crippen LogP contribution in [0.5, 0.6) is 0 Å². The first kappa shape index (κ1) is 31.2. The van der Waals surface area contributed by atoms with E-state index in [1.165, 1.54) is 60.5 Å². The molecule has 0 amide bonds. The number of aryl methyl sites for hydroxylation is 1. The van der Waals surface area contributed by atoms with Crippen molar-refractivity contribution in [2.24, 2.45) is 0 Å². The molecule has 0 saturated heterocycles. The predicted octanol–water partition coefficient (Wildman–Crippen LogP) is 13.8. The Morgan fingerprint density at radius 3 is 1.71 bits per heavy atom. The molecule has 246 valence electrons. The van der Waals surface area contributed by atoms with Gasteiger partial charge in [-0.1, -0.05) is 146 Å². The van der Waals surface area contributed by atoms with Gasteiger partial charge in [-0.15, -0.1) is 0 Å². The number of para-hydroxylation sites is 1. The van der Waals surface area contributed by atoms with Gasteiger partial charge in [0.25, 0.3) is 0 Å². The van der Waals surface area contributed by atoms with E-state index in [0.29, 0.717) is 0 Å². The number of anilines is 3. The molecular formula is C50H36N2. The van der Waals surface area contributed by atoms with Crippen molar-refractivity contribution in [1.29, 1.82) is 0 Å². The molecule has 1 heterocycles. The molecule has 0 saturated carbocycles. The van der Waals surface area contributed by atoms with Crippen LogP contribution in [0, 0.1) is 6.92 Å². The van der Waals surface area contributed by atoms with Gasteiger partial charge in [0.1, 0.15) is 0 Å². The average molecular weight is 665 g/mol. The zero-order valence-electron chi connectivity index (χ0n) is 28.9. The summed E-state index contributed by atoms with van der Waals surface area (Å²) >= 11 is 0. The molecule has 0 aliphatic carbocycles. The lowest BCUT2D eigenvalue weighted by molar-refractivity contribution is 1.28. The van der Waals surface area contributed by atoms with Gasteiger partial charge in [-0.05, 0) is 115 Å². The molecule has 1 aromatic heterocycles. The van der Waals surface area contributed by atoms with Gasteiger partial charge in [0.2, 0.25) is 0 Å². The third-order valence-corrected chi connectivity index (χ3v) is 10.1. The minimum absolute atomic E-state index is 1.09. The van der Waals surface area contributed by atoms with Crippen LogP contribution in [0.4, 0.5) is 17.1 Å². The third-order valence-electron chi connectivity index (χ3n) is 10.1. The summed E-state index contributed by atoms with van der Waals surface area (Å²) in [6.45, 7) is 2.22. The van der Waals surface area contributed by atoms with Gasteiger partial charge in [-0.2, -0.15) is 0 Å². The monoisotopic (exact) mass is 664 g/mol. The van der Waals surface area contributed by atoms with Crippen molar-refractivity contribution in [3.63, 3.8) is 0 Å². The quantitative estimate of drug-likeness (QED) is 0.158. The van der Waals surface area contributed by atoms with E-state index < -0.39 is 0 Å². The van der Waals surface area contributed by atoms with Crippen molar-refractivity contribution in [2.75, 3.05) is 4.90 Å². The van der Waals surface area contributed by atoms with Gasteiger partial charge < -0.3 is 4.90 Å². The third kappa shape index (κ3) is 5.81. The van der Waals surface area contributed by atoms with Crippen molar-refractivity contribution >= 4 is 38.6 Å². The van der Waals surface area contributed by atoms with Gasteiger partial charge in [-0.3, -0.25) is 4.98 Å². The maximum atomic E-state index is 4.33. The fraction of sp³-hybridized carbons (Fsp3) is 0.0200. The van der Waals surface area contributed by atoms with Crippen LogP contribution < -0.4 is 4.90 Å². The van der Waals surface area contributed by atoms with Crippen molar-refractivity contribution in [1.82, 2.24) is 4.98 Å². The first-order chi connectivity index (χ1) is 25.7. The summed E-state index contributed by atoms with van der Waals surface area (Å²) in [5.74, 6) is 0. The smallest absolute Gasteiger partial charge is 0.0540 e. The lowest BCUT2D eigenvalue weighted by Crippen LogP contribution is -2.11. The van der Waals surface area contributed by atoms with Crippen LogP contribution in [-0.2, 0) is 0 Å². The Labute approximate surface area is 304 Å². The van der Waals surface area contributed by atoms with E-state index in [0.717, 1.165) is 28.2 Å². The summed E-state index contributed by atoms with van der Waals surface area (Å²) < 4.78 is 0. The number of hydrogen-bond donors (Lipinski definition) is 0. The van der Waals surface area contributed by atoms with Crippen LogP contribution in [-0.4, -0.2) is 4.98 Å². The number of nitrogens with zero attached hydrogens (tertiary/aromatic N) is 2. The van der Waals surface area contributed by atoms with E-state index in [9.17, 15) is 0 Å². The van der Waals surface area contributed by atoms with Crippen molar-refractivity contribution in [2.45, 2.75) is 6.92 Å². The highest BCUT2D eigenvalue weighted by molar-refractivity contribution is 6.13. The SMILES string of the molecule is Cc1cc(-c2cc3ccccc3c3ccccc23)ccc1-c1ccc(N(c2ccc(-c3cccnc3)cc2)c2ccccc2-c2ccccc2)cc1. The van der Waals surface area contributed by atoms with Gasteiger partial charge in [0.15, 0.2) is 0 Å². The molecule has 2 heteroatoms. The molecule has 9 rings (SSSR count). The van der Waals surface area contributed by atoms with Crippen molar-refractivity contribution < 1.29 is 0 Å². The molecule has 52 heavy (non-hydrogen) atoms. The van der Waals surface area contributed by atoms with Crippen molar-refractivity contribution in [3.8, 4) is 44.5 Å². The molecule has 0 unspecified atom stereocenters. The minimum Gasteiger partial charge on any atom is -0.310 e. The Balaban J connectivity index is 1.10. The Morgan fingerprint density at radius 2 is 0.981 bits per heavy atom. The highest BCUT2D eigenvalue weighted by Crippen LogP contribution is 2.42. The molecule has 0 aliphatic heterocycles. The molecule has 0 aliphatic rings. The van der Waals surface area contributed by atoms with Crippen LogP contribution in [0.2, 0.25) is 0 Å². The molecule has 9 aromatic rings. The van der Waals surface area contributed by atoms with Gasteiger partial charge in [0.05, 0.1) is 5.69 Å². The molecule has 8 aromatic carbocycles. The molecule has 0 radical (unpaired) electrons. The molecule has 0 N–H and O–H groups in total. The van der Waals surface area contributed by atoms with Crippen LogP contribution in [0.1, 0.15) is 5.56 Å². The minimum atomic E-state index is 1.09. The Morgan fingerprint density at radius 1 is 0.385 bits per heavy atom. The van der Waals surface area contributed by atoms with Crippen LogP contribution in [0.3, 0.4) is 0 Å². The summed E-state index contributed by atoms with van der Waals surface area (Å²) in [5, 5.41) is 5.12. The molecular weight excluding hydrogens is 629 g/mol. The molecule has 0 fully saturated rings. The zero-order chi connectivity index (χ0) is 34.9. The summed E-state index contributed by atoms with van der Waals surface area (Å²) in [5.41, 5.74) is 14.1. The fourth-order valence-corrected chi connectivity index (χ4v) is 7.53. The van der Waals surface area contributed by atoms with E-state index in [1.807, 2.05) is 18.5 Å². The van der Waals surface area contributed by atoms with Gasteiger partial charge in [-0.25, -0.2) is 0 Å². The standard InChI is InChI=1S/C50H36N2/c1-35-32-40(49-33-39-14-5-6-16-45(39)47-18-7-8-19-48(47)49)25-30-44(35)38-23-28-43(29-24-38)52(42-26-21-36(22-27-42)41-15-11-31-51-34-41)50-20-10-9-17-46(50)37-12-3-2-4-13-37/h2-34H,1H3. The van der Waals surface area contributed by atoms with Gasteiger partial charge in [0, 0.05) is 29.3 Å². The second kappa shape index (κ2) is 13.5. The van der Waals surface area contributed by atoms with E-state index in [-0.39, 0.29) is 0 Å². The molecule has 0 bridgehead atoms. The number of hydrogen-bond acceptors (Lipinski definition) is 2. The second-order valence-corrected chi connectivity index (χ2v) is 13.3. The van der Waals surface area contributed by atoms with Crippen LogP contribution in [0.15, 0.2) is 200 Å². The Bertz CT molecular complexity index is 2660. The first-order valence-corrected chi connectivity index (χ1v) is 17.8.